The van der Waals surface area contributed by atoms with Crippen molar-refractivity contribution in [3.8, 4) is 11.1 Å². The van der Waals surface area contributed by atoms with Crippen molar-refractivity contribution < 1.29 is 66.4 Å². The van der Waals surface area contributed by atoms with Gasteiger partial charge in [-0.15, -0.1) is 0 Å². The van der Waals surface area contributed by atoms with Crippen LogP contribution >= 0.6 is 0 Å². The summed E-state index contributed by atoms with van der Waals surface area (Å²) < 4.78 is 65.5. The first-order valence-corrected chi connectivity index (χ1v) is 19.9. The van der Waals surface area contributed by atoms with E-state index in [0.29, 0.717) is 139 Å². The van der Waals surface area contributed by atoms with E-state index in [0.717, 1.165) is 0 Å². The SMILES string of the molecule is CC(C)(C)OC(=O)CCOCCOCCOCCOCCOCCOCCOCCOCCOCCOCCNC(=O)OCC1c2ccccc2-c2ccccc21. The molecule has 0 aliphatic heterocycles. The zero-order valence-electron chi connectivity index (χ0n) is 34.2. The Balaban J connectivity index is 0.943. The number of hydrogen-bond acceptors (Lipinski definition) is 14. The van der Waals surface area contributed by atoms with Gasteiger partial charge >= 0.3 is 12.1 Å². The smallest absolute Gasteiger partial charge is 0.407 e. The lowest BCUT2D eigenvalue weighted by Crippen LogP contribution is -2.29. The minimum Gasteiger partial charge on any atom is -0.460 e. The van der Waals surface area contributed by atoms with Gasteiger partial charge in [-0.25, -0.2) is 4.79 Å². The summed E-state index contributed by atoms with van der Waals surface area (Å²) in [7, 11) is 0. The average Bonchev–Trinajstić information content (AvgIpc) is 3.51. The van der Waals surface area contributed by atoms with Crippen molar-refractivity contribution in [3.63, 3.8) is 0 Å². The Morgan fingerprint density at radius 3 is 1.19 bits per heavy atom. The fourth-order valence-corrected chi connectivity index (χ4v) is 5.50. The Morgan fingerprint density at radius 2 is 0.825 bits per heavy atom. The topological polar surface area (TPSA) is 157 Å². The maximum Gasteiger partial charge on any atom is 0.407 e. The van der Waals surface area contributed by atoms with E-state index >= 15 is 0 Å². The van der Waals surface area contributed by atoms with Gasteiger partial charge in [-0.1, -0.05) is 48.5 Å². The number of nitrogens with one attached hydrogen (secondary N) is 1. The molecule has 0 atom stereocenters. The first kappa shape index (κ1) is 48.2. The van der Waals surface area contributed by atoms with E-state index in [4.69, 9.17) is 56.8 Å². The molecule has 0 unspecified atom stereocenters. The number of rotatable bonds is 35. The van der Waals surface area contributed by atoms with E-state index in [9.17, 15) is 9.59 Å². The predicted molar refractivity (Wildman–Crippen MR) is 212 cm³/mol. The van der Waals surface area contributed by atoms with Crippen molar-refractivity contribution in [2.24, 2.45) is 0 Å². The number of carbonyl (C=O) groups is 2. The van der Waals surface area contributed by atoms with Gasteiger partial charge < -0.3 is 62.2 Å². The second-order valence-electron chi connectivity index (χ2n) is 13.7. The molecule has 15 heteroatoms. The molecular weight excluding hydrogens is 742 g/mol. The lowest BCUT2D eigenvalue weighted by atomic mass is 9.98. The minimum absolute atomic E-state index is 0.0330. The summed E-state index contributed by atoms with van der Waals surface area (Å²) in [6.45, 7) is 15.1. The Bertz CT molecular complexity index is 1290. The van der Waals surface area contributed by atoms with Crippen molar-refractivity contribution in [1.82, 2.24) is 5.32 Å². The maximum absolute atomic E-state index is 12.2. The molecule has 3 rings (SSSR count). The van der Waals surface area contributed by atoms with Crippen LogP contribution in [0.3, 0.4) is 0 Å². The molecule has 2 aromatic rings. The van der Waals surface area contributed by atoms with E-state index in [1.54, 1.807) is 0 Å². The highest BCUT2D eigenvalue weighted by molar-refractivity contribution is 5.79. The van der Waals surface area contributed by atoms with Gasteiger partial charge in [0.05, 0.1) is 139 Å². The zero-order valence-corrected chi connectivity index (χ0v) is 34.2. The molecule has 1 aliphatic rings. The van der Waals surface area contributed by atoms with Crippen LogP contribution in [0.5, 0.6) is 0 Å². The molecule has 0 saturated heterocycles. The summed E-state index contributed by atoms with van der Waals surface area (Å²) >= 11 is 0. The molecule has 1 amide bonds. The highest BCUT2D eigenvalue weighted by Gasteiger charge is 2.29. The fourth-order valence-electron chi connectivity index (χ4n) is 5.50. The van der Waals surface area contributed by atoms with Gasteiger partial charge in [-0.3, -0.25) is 4.79 Å². The van der Waals surface area contributed by atoms with Crippen molar-refractivity contribution in [2.75, 3.05) is 145 Å². The van der Waals surface area contributed by atoms with Gasteiger partial charge in [0.1, 0.15) is 12.2 Å². The highest BCUT2D eigenvalue weighted by Crippen LogP contribution is 2.44. The van der Waals surface area contributed by atoms with Crippen LogP contribution in [0, 0.1) is 0 Å². The number of fused-ring (bicyclic) bond motifs is 3. The van der Waals surface area contributed by atoms with Gasteiger partial charge in [0.25, 0.3) is 0 Å². The monoisotopic (exact) mass is 807 g/mol. The summed E-state index contributed by atoms with van der Waals surface area (Å²) in [6, 6.07) is 16.5. The molecule has 2 aromatic carbocycles. The van der Waals surface area contributed by atoms with E-state index in [1.807, 2.05) is 45.0 Å². The van der Waals surface area contributed by atoms with Gasteiger partial charge in [0.2, 0.25) is 0 Å². The third-order valence-corrected chi connectivity index (χ3v) is 8.08. The largest absolute Gasteiger partial charge is 0.460 e. The average molecular weight is 808 g/mol. The second kappa shape index (κ2) is 30.8. The molecule has 322 valence electrons. The normalized spacial score (nSPS) is 12.4. The lowest BCUT2D eigenvalue weighted by molar-refractivity contribution is -0.156. The van der Waals surface area contributed by atoms with Crippen LogP contribution in [0.2, 0.25) is 0 Å². The predicted octanol–water partition coefficient (Wildman–Crippen LogP) is 4.42. The summed E-state index contributed by atoms with van der Waals surface area (Å²) in [5.74, 6) is -0.236. The van der Waals surface area contributed by atoms with E-state index in [-0.39, 0.29) is 24.9 Å². The lowest BCUT2D eigenvalue weighted by Gasteiger charge is -2.19. The molecule has 0 fully saturated rings. The van der Waals surface area contributed by atoms with Crippen molar-refractivity contribution in [2.45, 2.75) is 38.7 Å². The fraction of sp³-hybridized carbons (Fsp3) is 0.667. The number of ether oxygens (including phenoxy) is 12. The summed E-state index contributed by atoms with van der Waals surface area (Å²) in [6.07, 6.45) is -0.230. The standard InChI is InChI=1S/C42H65NO14/c1-42(2,3)57-40(44)12-14-46-16-18-48-20-22-50-24-26-52-28-30-54-32-33-55-31-29-53-27-25-51-23-21-49-19-17-47-15-13-43-41(45)56-34-39-37-10-6-4-8-35(37)36-9-5-7-11-38(36)39/h4-11,39H,12-34H2,1-3H3,(H,43,45). The second-order valence-corrected chi connectivity index (χ2v) is 13.7. The van der Waals surface area contributed by atoms with Crippen LogP contribution in [-0.2, 0) is 61.6 Å². The minimum atomic E-state index is -0.480. The van der Waals surface area contributed by atoms with Crippen LogP contribution in [0.25, 0.3) is 11.1 Å². The number of carbonyl (C=O) groups excluding carboxylic acids is 2. The van der Waals surface area contributed by atoms with Crippen molar-refractivity contribution in [3.05, 3.63) is 59.7 Å². The van der Waals surface area contributed by atoms with Crippen molar-refractivity contribution in [1.29, 1.82) is 0 Å². The van der Waals surface area contributed by atoms with Gasteiger partial charge in [-0.2, -0.15) is 0 Å². The van der Waals surface area contributed by atoms with Crippen molar-refractivity contribution >= 4 is 12.1 Å². The Labute approximate surface area is 338 Å². The van der Waals surface area contributed by atoms with E-state index in [1.165, 1.54) is 22.3 Å². The highest BCUT2D eigenvalue weighted by atomic mass is 16.6. The third-order valence-electron chi connectivity index (χ3n) is 8.08. The van der Waals surface area contributed by atoms with Gasteiger partial charge in [0, 0.05) is 12.5 Å². The molecule has 1 aliphatic carbocycles. The summed E-state index contributed by atoms with van der Waals surface area (Å²) in [5.41, 5.74) is 4.28. The third kappa shape index (κ3) is 23.1. The van der Waals surface area contributed by atoms with Crippen LogP contribution in [0.1, 0.15) is 44.2 Å². The molecule has 0 heterocycles. The summed E-state index contributed by atoms with van der Waals surface area (Å²) in [4.78, 5) is 23.8. The number of alkyl carbamates (subject to hydrolysis) is 1. The molecule has 1 N–H and O–H groups in total. The molecule has 0 spiro atoms. The number of benzene rings is 2. The maximum atomic E-state index is 12.2. The van der Waals surface area contributed by atoms with Gasteiger partial charge in [-0.05, 0) is 43.0 Å². The number of amides is 1. The van der Waals surface area contributed by atoms with Crippen LogP contribution < -0.4 is 5.32 Å². The quantitative estimate of drug-likeness (QED) is 0.0771. The van der Waals surface area contributed by atoms with Crippen LogP contribution in [-0.4, -0.2) is 163 Å². The number of hydrogen-bond donors (Lipinski definition) is 1. The number of esters is 1. The van der Waals surface area contributed by atoms with E-state index in [2.05, 4.69) is 29.6 Å². The Morgan fingerprint density at radius 1 is 0.491 bits per heavy atom. The molecule has 0 radical (unpaired) electrons. The molecule has 0 saturated carbocycles. The molecule has 0 aromatic heterocycles. The Kier molecular flexibility index (Phi) is 26.0. The zero-order chi connectivity index (χ0) is 40.7. The van der Waals surface area contributed by atoms with Crippen LogP contribution in [0.15, 0.2) is 48.5 Å². The molecule has 57 heavy (non-hydrogen) atoms. The first-order chi connectivity index (χ1) is 27.8. The molecule has 15 nitrogen and oxygen atoms in total. The summed E-state index contributed by atoms with van der Waals surface area (Å²) in [5, 5.41) is 2.74. The van der Waals surface area contributed by atoms with Gasteiger partial charge in [0.15, 0.2) is 0 Å². The Hall–Kier alpha value is -3.22. The van der Waals surface area contributed by atoms with Crippen LogP contribution in [0.4, 0.5) is 4.79 Å². The first-order valence-electron chi connectivity index (χ1n) is 19.9. The molecule has 0 bridgehead atoms. The molecular formula is C42H65NO14. The van der Waals surface area contributed by atoms with E-state index < -0.39 is 11.7 Å².